The minimum Gasteiger partial charge on any atom is -0.361 e. The molecule has 0 bridgehead atoms. The second-order valence-electron chi connectivity index (χ2n) is 5.76. The predicted octanol–water partition coefficient (Wildman–Crippen LogP) is 3.38. The van der Waals surface area contributed by atoms with Gasteiger partial charge in [-0.3, -0.25) is 4.79 Å². The molecule has 3 nitrogen and oxygen atoms in total. The van der Waals surface area contributed by atoms with Gasteiger partial charge in [0.15, 0.2) is 0 Å². The molecule has 0 unspecified atom stereocenters. The molecule has 100 valence electrons. The Bertz CT molecular complexity index is 641. The van der Waals surface area contributed by atoms with Crippen LogP contribution in [0.2, 0.25) is 5.02 Å². The van der Waals surface area contributed by atoms with Crippen molar-refractivity contribution in [2.45, 2.75) is 38.1 Å². The monoisotopic (exact) mass is 276 g/mol. The van der Waals surface area contributed by atoms with Crippen LogP contribution >= 0.6 is 11.6 Å². The number of hydrogen-bond donors (Lipinski definition) is 2. The van der Waals surface area contributed by atoms with E-state index in [1.54, 1.807) is 0 Å². The van der Waals surface area contributed by atoms with Crippen LogP contribution in [-0.4, -0.2) is 16.9 Å². The molecule has 1 aromatic carbocycles. The van der Waals surface area contributed by atoms with Gasteiger partial charge in [0, 0.05) is 28.2 Å². The average molecular weight is 277 g/mol. The highest BCUT2D eigenvalue weighted by Crippen LogP contribution is 2.33. The van der Waals surface area contributed by atoms with E-state index in [1.165, 1.54) is 0 Å². The molecule has 1 heterocycles. The molecule has 3 rings (SSSR count). The Morgan fingerprint density at radius 3 is 2.84 bits per heavy atom. The van der Waals surface area contributed by atoms with Gasteiger partial charge in [0.2, 0.25) is 5.91 Å². The minimum absolute atomic E-state index is 0.0795. The summed E-state index contributed by atoms with van der Waals surface area (Å²) in [6.45, 7) is 3.91. The van der Waals surface area contributed by atoms with Gasteiger partial charge in [-0.25, -0.2) is 0 Å². The smallest absolute Gasteiger partial charge is 0.230 e. The molecule has 1 aliphatic carbocycles. The molecule has 19 heavy (non-hydrogen) atoms. The number of fused-ring (bicyclic) bond motifs is 1. The SMILES string of the molecule is CC(C)(C(=O)NC1CC1)c1c[nH]c2ccc(Cl)cc12. The van der Waals surface area contributed by atoms with Gasteiger partial charge in [-0.1, -0.05) is 11.6 Å². The maximum absolute atomic E-state index is 12.4. The van der Waals surface area contributed by atoms with Crippen LogP contribution in [0.5, 0.6) is 0 Å². The highest BCUT2D eigenvalue weighted by molar-refractivity contribution is 6.31. The Morgan fingerprint density at radius 1 is 1.42 bits per heavy atom. The fourth-order valence-electron chi connectivity index (χ4n) is 2.33. The van der Waals surface area contributed by atoms with Gasteiger partial charge in [-0.05, 0) is 50.5 Å². The third kappa shape index (κ3) is 2.23. The van der Waals surface area contributed by atoms with Crippen molar-refractivity contribution in [2.24, 2.45) is 0 Å². The molecule has 0 radical (unpaired) electrons. The molecule has 1 aromatic heterocycles. The number of amides is 1. The summed E-state index contributed by atoms with van der Waals surface area (Å²) in [6, 6.07) is 6.08. The number of benzene rings is 1. The first kappa shape index (κ1) is 12.5. The van der Waals surface area contributed by atoms with Crippen LogP contribution in [-0.2, 0) is 10.2 Å². The zero-order chi connectivity index (χ0) is 13.6. The average Bonchev–Trinajstić information content (AvgIpc) is 3.06. The Morgan fingerprint density at radius 2 is 2.16 bits per heavy atom. The van der Waals surface area contributed by atoms with E-state index in [9.17, 15) is 4.79 Å². The quantitative estimate of drug-likeness (QED) is 0.887. The molecule has 1 aliphatic rings. The number of aromatic amines is 1. The molecular weight excluding hydrogens is 260 g/mol. The topological polar surface area (TPSA) is 44.9 Å². The van der Waals surface area contributed by atoms with Crippen LogP contribution in [0.25, 0.3) is 10.9 Å². The normalized spacial score (nSPS) is 15.7. The lowest BCUT2D eigenvalue weighted by Crippen LogP contribution is -2.41. The Balaban J connectivity index is 2.01. The fourth-order valence-corrected chi connectivity index (χ4v) is 2.50. The molecule has 1 fully saturated rings. The zero-order valence-corrected chi connectivity index (χ0v) is 11.8. The van der Waals surface area contributed by atoms with Gasteiger partial charge < -0.3 is 10.3 Å². The number of hydrogen-bond acceptors (Lipinski definition) is 1. The van der Waals surface area contributed by atoms with E-state index in [1.807, 2.05) is 38.2 Å². The van der Waals surface area contributed by atoms with Crippen molar-refractivity contribution in [3.05, 3.63) is 35.0 Å². The van der Waals surface area contributed by atoms with E-state index in [-0.39, 0.29) is 5.91 Å². The summed E-state index contributed by atoms with van der Waals surface area (Å²) in [7, 11) is 0. The number of aromatic nitrogens is 1. The molecule has 0 spiro atoms. The first-order chi connectivity index (χ1) is 8.98. The molecule has 4 heteroatoms. The largest absolute Gasteiger partial charge is 0.361 e. The molecule has 0 aliphatic heterocycles. The lowest BCUT2D eigenvalue weighted by molar-refractivity contribution is -0.125. The summed E-state index contributed by atoms with van der Waals surface area (Å²) in [5, 5.41) is 4.78. The molecule has 1 amide bonds. The zero-order valence-electron chi connectivity index (χ0n) is 11.1. The number of carbonyl (C=O) groups is 1. The lowest BCUT2D eigenvalue weighted by atomic mass is 9.83. The van der Waals surface area contributed by atoms with Gasteiger partial charge >= 0.3 is 0 Å². The summed E-state index contributed by atoms with van der Waals surface area (Å²) < 4.78 is 0. The van der Waals surface area contributed by atoms with Gasteiger partial charge in [-0.2, -0.15) is 0 Å². The van der Waals surface area contributed by atoms with Gasteiger partial charge in [0.05, 0.1) is 5.41 Å². The van der Waals surface area contributed by atoms with Crippen molar-refractivity contribution >= 4 is 28.4 Å². The maximum Gasteiger partial charge on any atom is 0.230 e. The van der Waals surface area contributed by atoms with Crippen LogP contribution in [0.3, 0.4) is 0 Å². The summed E-state index contributed by atoms with van der Waals surface area (Å²) >= 11 is 6.06. The summed E-state index contributed by atoms with van der Waals surface area (Å²) in [5.74, 6) is 0.0795. The molecular formula is C15H17ClN2O. The van der Waals surface area contributed by atoms with Crippen LogP contribution in [0.15, 0.2) is 24.4 Å². The number of nitrogens with one attached hydrogen (secondary N) is 2. The van der Waals surface area contributed by atoms with E-state index < -0.39 is 5.41 Å². The Hall–Kier alpha value is -1.48. The van der Waals surface area contributed by atoms with Crippen LogP contribution in [0, 0.1) is 0 Å². The molecule has 0 saturated heterocycles. The van der Waals surface area contributed by atoms with Crippen molar-refractivity contribution in [1.82, 2.24) is 10.3 Å². The van der Waals surface area contributed by atoms with Crippen molar-refractivity contribution in [2.75, 3.05) is 0 Å². The summed E-state index contributed by atoms with van der Waals surface area (Å²) in [6.07, 6.45) is 4.11. The molecule has 2 N–H and O–H groups in total. The van der Waals surface area contributed by atoms with Crippen molar-refractivity contribution in [3.8, 4) is 0 Å². The molecule has 2 aromatic rings. The van der Waals surface area contributed by atoms with E-state index in [2.05, 4.69) is 10.3 Å². The van der Waals surface area contributed by atoms with Crippen LogP contribution in [0.1, 0.15) is 32.3 Å². The second kappa shape index (κ2) is 4.27. The maximum atomic E-state index is 12.4. The second-order valence-corrected chi connectivity index (χ2v) is 6.20. The van der Waals surface area contributed by atoms with Crippen LogP contribution < -0.4 is 5.32 Å². The third-order valence-electron chi connectivity index (χ3n) is 3.80. The molecule has 0 atom stereocenters. The Kier molecular flexibility index (Phi) is 2.82. The minimum atomic E-state index is -0.564. The van der Waals surface area contributed by atoms with Crippen molar-refractivity contribution < 1.29 is 4.79 Å². The predicted molar refractivity (Wildman–Crippen MR) is 77.5 cm³/mol. The first-order valence-electron chi connectivity index (χ1n) is 6.56. The first-order valence-corrected chi connectivity index (χ1v) is 6.94. The highest BCUT2D eigenvalue weighted by Gasteiger charge is 2.35. The third-order valence-corrected chi connectivity index (χ3v) is 4.03. The lowest BCUT2D eigenvalue weighted by Gasteiger charge is -2.23. The summed E-state index contributed by atoms with van der Waals surface area (Å²) in [4.78, 5) is 15.6. The van der Waals surface area contributed by atoms with Gasteiger partial charge in [-0.15, -0.1) is 0 Å². The van der Waals surface area contributed by atoms with E-state index in [0.717, 1.165) is 29.3 Å². The number of rotatable bonds is 3. The number of halogens is 1. The van der Waals surface area contributed by atoms with Crippen LogP contribution in [0.4, 0.5) is 0 Å². The van der Waals surface area contributed by atoms with E-state index in [4.69, 9.17) is 11.6 Å². The van der Waals surface area contributed by atoms with Gasteiger partial charge in [0.1, 0.15) is 0 Å². The standard InChI is InChI=1S/C15H17ClN2O/c1-15(2,14(19)18-10-4-5-10)12-8-17-13-6-3-9(16)7-11(12)13/h3,6-8,10,17H,4-5H2,1-2H3,(H,18,19). The van der Waals surface area contributed by atoms with Gasteiger partial charge in [0.25, 0.3) is 0 Å². The highest BCUT2D eigenvalue weighted by atomic mass is 35.5. The number of H-pyrrole nitrogens is 1. The molecule has 1 saturated carbocycles. The van der Waals surface area contributed by atoms with Crippen molar-refractivity contribution in [1.29, 1.82) is 0 Å². The summed E-state index contributed by atoms with van der Waals surface area (Å²) in [5.41, 5.74) is 1.43. The van der Waals surface area contributed by atoms with E-state index >= 15 is 0 Å². The van der Waals surface area contributed by atoms with Crippen molar-refractivity contribution in [3.63, 3.8) is 0 Å². The Labute approximate surface area is 117 Å². The number of carbonyl (C=O) groups excluding carboxylic acids is 1. The fraction of sp³-hybridized carbons (Fsp3) is 0.400. The van der Waals surface area contributed by atoms with E-state index in [0.29, 0.717) is 11.1 Å².